The van der Waals surface area contributed by atoms with E-state index in [4.69, 9.17) is 24.1 Å². The van der Waals surface area contributed by atoms with E-state index in [9.17, 15) is 19.2 Å². The molecule has 1 amide bonds. The Hall–Kier alpha value is -4.38. The first-order chi connectivity index (χ1) is 19.9. The normalized spacial score (nSPS) is 11.6. The second-order valence-corrected chi connectivity index (χ2v) is 11.1. The summed E-state index contributed by atoms with van der Waals surface area (Å²) in [6, 6.07) is 19.3. The highest BCUT2D eigenvalue weighted by atomic mass is 79.9. The quantitative estimate of drug-likeness (QED) is 0.147. The predicted molar refractivity (Wildman–Crippen MR) is 156 cm³/mol. The lowest BCUT2D eigenvalue weighted by Gasteiger charge is -2.23. The SMILES string of the molecule is CC(C)(C)OC(=O)NC(Cc1ccc(OC(=O)OCc2ccccc2Br)cc1)C(=O)OCc1ccc(CC(=O)O)cc1. The summed E-state index contributed by atoms with van der Waals surface area (Å²) in [7, 11) is 0. The van der Waals surface area contributed by atoms with E-state index < -0.39 is 35.8 Å². The van der Waals surface area contributed by atoms with Gasteiger partial charge in [-0.2, -0.15) is 0 Å². The predicted octanol–water partition coefficient (Wildman–Crippen LogP) is 5.97. The molecule has 3 aromatic rings. The molecule has 0 saturated heterocycles. The largest absolute Gasteiger partial charge is 0.514 e. The number of esters is 1. The van der Waals surface area contributed by atoms with Gasteiger partial charge in [0.25, 0.3) is 0 Å². The summed E-state index contributed by atoms with van der Waals surface area (Å²) in [5.41, 5.74) is 1.93. The number of nitrogens with one attached hydrogen (secondary N) is 1. The van der Waals surface area contributed by atoms with Crippen molar-refractivity contribution in [1.29, 1.82) is 0 Å². The van der Waals surface area contributed by atoms with Crippen LogP contribution in [0.5, 0.6) is 5.75 Å². The first kappa shape index (κ1) is 32.1. The Balaban J connectivity index is 1.61. The Kier molecular flexibility index (Phi) is 11.5. The number of carboxylic acid groups (broad SMARTS) is 1. The van der Waals surface area contributed by atoms with Crippen LogP contribution in [0.2, 0.25) is 0 Å². The van der Waals surface area contributed by atoms with Crippen molar-refractivity contribution in [2.24, 2.45) is 0 Å². The number of hydrogen-bond donors (Lipinski definition) is 2. The molecule has 10 nitrogen and oxygen atoms in total. The summed E-state index contributed by atoms with van der Waals surface area (Å²) in [6.07, 6.45) is -1.70. The highest BCUT2D eigenvalue weighted by Gasteiger charge is 2.26. The number of hydrogen-bond acceptors (Lipinski definition) is 8. The lowest BCUT2D eigenvalue weighted by molar-refractivity contribution is -0.147. The summed E-state index contributed by atoms with van der Waals surface area (Å²) in [5.74, 6) is -1.39. The van der Waals surface area contributed by atoms with E-state index in [0.717, 1.165) is 10.0 Å². The number of aliphatic carboxylic acids is 1. The number of benzene rings is 3. The Bertz CT molecular complexity index is 1380. The van der Waals surface area contributed by atoms with Gasteiger partial charge in [0.1, 0.15) is 30.6 Å². The monoisotopic (exact) mass is 641 g/mol. The van der Waals surface area contributed by atoms with Crippen LogP contribution in [-0.2, 0) is 49.9 Å². The molecule has 1 unspecified atom stereocenters. The minimum Gasteiger partial charge on any atom is -0.481 e. The molecule has 2 N–H and O–H groups in total. The van der Waals surface area contributed by atoms with Gasteiger partial charge in [0.15, 0.2) is 0 Å². The highest BCUT2D eigenvalue weighted by Crippen LogP contribution is 2.19. The van der Waals surface area contributed by atoms with E-state index in [2.05, 4.69) is 21.2 Å². The summed E-state index contributed by atoms with van der Waals surface area (Å²) in [4.78, 5) is 48.5. The van der Waals surface area contributed by atoms with Crippen molar-refractivity contribution in [2.45, 2.75) is 58.5 Å². The Morgan fingerprint density at radius 1 is 0.833 bits per heavy atom. The van der Waals surface area contributed by atoms with Crippen LogP contribution in [0, 0.1) is 0 Å². The van der Waals surface area contributed by atoms with Crippen LogP contribution >= 0.6 is 15.9 Å². The number of ether oxygens (including phenoxy) is 4. The highest BCUT2D eigenvalue weighted by molar-refractivity contribution is 9.10. The molecule has 1 atom stereocenters. The van der Waals surface area contributed by atoms with Crippen LogP contribution in [0.3, 0.4) is 0 Å². The van der Waals surface area contributed by atoms with Gasteiger partial charge in [-0.1, -0.05) is 70.5 Å². The Labute approximate surface area is 252 Å². The van der Waals surface area contributed by atoms with Crippen LogP contribution in [-0.4, -0.2) is 40.9 Å². The van der Waals surface area contributed by atoms with Crippen molar-refractivity contribution in [2.75, 3.05) is 0 Å². The second kappa shape index (κ2) is 15.0. The summed E-state index contributed by atoms with van der Waals surface area (Å²) in [6.45, 7) is 5.07. The Morgan fingerprint density at radius 2 is 1.45 bits per heavy atom. The minimum atomic E-state index is -1.08. The van der Waals surface area contributed by atoms with Crippen molar-refractivity contribution in [3.8, 4) is 5.75 Å². The molecule has 0 aromatic heterocycles. The maximum atomic E-state index is 13.0. The van der Waals surface area contributed by atoms with E-state index in [1.54, 1.807) is 69.3 Å². The van der Waals surface area contributed by atoms with Gasteiger partial charge in [0.2, 0.25) is 0 Å². The number of amides is 1. The van der Waals surface area contributed by atoms with Gasteiger partial charge in [0.05, 0.1) is 6.42 Å². The molecule has 0 aliphatic heterocycles. The van der Waals surface area contributed by atoms with Gasteiger partial charge >= 0.3 is 24.2 Å². The molecule has 0 bridgehead atoms. The molecule has 0 aliphatic rings. The van der Waals surface area contributed by atoms with Crippen LogP contribution in [0.15, 0.2) is 77.3 Å². The number of carbonyl (C=O) groups excluding carboxylic acids is 3. The maximum absolute atomic E-state index is 13.0. The molecule has 222 valence electrons. The third-order valence-corrected chi connectivity index (χ3v) is 6.38. The molecular formula is C31H32BrNO9. The van der Waals surface area contributed by atoms with Crippen LogP contribution < -0.4 is 10.1 Å². The lowest BCUT2D eigenvalue weighted by Crippen LogP contribution is -2.45. The molecule has 0 heterocycles. The Morgan fingerprint density at radius 3 is 2.07 bits per heavy atom. The van der Waals surface area contributed by atoms with Crippen LogP contribution in [0.4, 0.5) is 9.59 Å². The first-order valence-corrected chi connectivity index (χ1v) is 13.8. The van der Waals surface area contributed by atoms with E-state index >= 15 is 0 Å². The van der Waals surface area contributed by atoms with E-state index in [1.165, 1.54) is 0 Å². The summed E-state index contributed by atoms with van der Waals surface area (Å²) in [5, 5.41) is 11.5. The number of alkyl carbamates (subject to hydrolysis) is 1. The van der Waals surface area contributed by atoms with Gasteiger partial charge in [-0.05, 0) is 55.7 Å². The molecule has 0 spiro atoms. The molecule has 0 aliphatic carbocycles. The van der Waals surface area contributed by atoms with Crippen molar-refractivity contribution in [1.82, 2.24) is 5.32 Å². The zero-order valence-electron chi connectivity index (χ0n) is 23.4. The second-order valence-electron chi connectivity index (χ2n) is 10.3. The molecule has 3 aromatic carbocycles. The van der Waals surface area contributed by atoms with E-state index in [1.807, 2.05) is 24.3 Å². The first-order valence-electron chi connectivity index (χ1n) is 13.0. The number of carbonyl (C=O) groups is 4. The van der Waals surface area contributed by atoms with Crippen molar-refractivity contribution < 1.29 is 43.2 Å². The smallest absolute Gasteiger partial charge is 0.481 e. The molecule has 0 radical (unpaired) electrons. The van der Waals surface area contributed by atoms with Gasteiger partial charge in [0, 0.05) is 16.5 Å². The third-order valence-electron chi connectivity index (χ3n) is 5.60. The minimum absolute atomic E-state index is 0.0327. The molecule has 0 saturated carbocycles. The molecule has 42 heavy (non-hydrogen) atoms. The summed E-state index contributed by atoms with van der Waals surface area (Å²) >= 11 is 3.39. The zero-order chi connectivity index (χ0) is 30.7. The fraction of sp³-hybridized carbons (Fsp3) is 0.290. The van der Waals surface area contributed by atoms with Crippen molar-refractivity contribution >= 4 is 40.1 Å². The van der Waals surface area contributed by atoms with Gasteiger partial charge in [-0.3, -0.25) is 4.79 Å². The molecular weight excluding hydrogens is 610 g/mol. The molecule has 3 rings (SSSR count). The van der Waals surface area contributed by atoms with E-state index in [-0.39, 0.29) is 31.8 Å². The average Bonchev–Trinajstić information content (AvgIpc) is 2.91. The van der Waals surface area contributed by atoms with Gasteiger partial charge in [-0.25, -0.2) is 14.4 Å². The van der Waals surface area contributed by atoms with E-state index in [0.29, 0.717) is 16.7 Å². The zero-order valence-corrected chi connectivity index (χ0v) is 25.0. The van der Waals surface area contributed by atoms with Gasteiger partial charge in [-0.15, -0.1) is 0 Å². The lowest BCUT2D eigenvalue weighted by atomic mass is 10.1. The van der Waals surface area contributed by atoms with Crippen LogP contribution in [0.25, 0.3) is 0 Å². The summed E-state index contributed by atoms with van der Waals surface area (Å²) < 4.78 is 22.0. The van der Waals surface area contributed by atoms with Gasteiger partial charge < -0.3 is 29.4 Å². The third kappa shape index (κ3) is 11.2. The van der Waals surface area contributed by atoms with Crippen molar-refractivity contribution in [3.63, 3.8) is 0 Å². The standard InChI is InChI=1S/C31H32BrNO9/c1-31(2,3)42-29(37)33-26(28(36)39-18-22-10-8-21(9-11-22)17-27(34)35)16-20-12-14-24(15-13-20)41-30(38)40-19-23-6-4-5-7-25(23)32/h4-15,26H,16-19H2,1-3H3,(H,33,37)(H,34,35). The number of carboxylic acids is 1. The number of halogens is 1. The number of rotatable bonds is 11. The molecule has 11 heteroatoms. The average molecular weight is 642 g/mol. The van der Waals surface area contributed by atoms with Crippen LogP contribution in [0.1, 0.15) is 43.0 Å². The van der Waals surface area contributed by atoms with Crippen molar-refractivity contribution in [3.05, 3.63) is 99.5 Å². The fourth-order valence-corrected chi connectivity index (χ4v) is 4.03. The maximum Gasteiger partial charge on any atom is 0.514 e. The topological polar surface area (TPSA) is 137 Å². The molecule has 0 fully saturated rings. The fourth-order valence-electron chi connectivity index (χ4n) is 3.63.